The highest BCUT2D eigenvalue weighted by molar-refractivity contribution is 7.85. The Morgan fingerprint density at radius 2 is 1.57 bits per heavy atom. The van der Waals surface area contributed by atoms with Gasteiger partial charge in [0.2, 0.25) is 5.91 Å². The first kappa shape index (κ1) is 28.8. The van der Waals surface area contributed by atoms with Gasteiger partial charge in [0, 0.05) is 18.5 Å². The van der Waals surface area contributed by atoms with Crippen molar-refractivity contribution in [2.45, 2.75) is 37.0 Å². The summed E-state index contributed by atoms with van der Waals surface area (Å²) in [7, 11) is -3.84. The molecule has 2 aromatic rings. The summed E-state index contributed by atoms with van der Waals surface area (Å²) in [4.78, 5) is 14.1. The number of carbonyl (C=O) groups excluding carboxylic acids is 1. The highest BCUT2D eigenvalue weighted by Gasteiger charge is 2.42. The van der Waals surface area contributed by atoms with E-state index in [1.165, 1.54) is 11.0 Å². The minimum absolute atomic E-state index is 0.0121. The molecule has 3 rings (SSSR count). The van der Waals surface area contributed by atoms with Crippen molar-refractivity contribution in [1.29, 1.82) is 0 Å². The zero-order chi connectivity index (χ0) is 27.8. The van der Waals surface area contributed by atoms with E-state index in [2.05, 4.69) is 0 Å². The van der Waals surface area contributed by atoms with E-state index in [1.54, 1.807) is 0 Å². The van der Waals surface area contributed by atoms with E-state index in [-0.39, 0.29) is 44.2 Å². The van der Waals surface area contributed by atoms with Crippen molar-refractivity contribution in [1.82, 2.24) is 4.90 Å². The molecular formula is C23H21F8NO4S. The highest BCUT2D eigenvalue weighted by atomic mass is 32.2. The van der Waals surface area contributed by atoms with Crippen LogP contribution in [0, 0.1) is 11.6 Å². The van der Waals surface area contributed by atoms with Gasteiger partial charge in [-0.1, -0.05) is 6.07 Å². The van der Waals surface area contributed by atoms with E-state index in [0.717, 1.165) is 18.4 Å². The molecule has 0 unspecified atom stereocenters. The lowest BCUT2D eigenvalue weighted by Crippen LogP contribution is -2.36. The average molecular weight is 559 g/mol. The van der Waals surface area contributed by atoms with E-state index in [0.29, 0.717) is 12.1 Å². The van der Waals surface area contributed by atoms with Crippen LogP contribution < -0.4 is 0 Å². The number of halogens is 8. The second-order valence-electron chi connectivity index (χ2n) is 8.84. The molecule has 0 aliphatic carbocycles. The Labute approximate surface area is 207 Å². The fraction of sp³-hybridized carbons (Fsp3) is 0.435. The molecule has 0 radical (unpaired) electrons. The number of amides is 1. The zero-order valence-electron chi connectivity index (χ0n) is 19.2. The molecule has 1 fully saturated rings. The van der Waals surface area contributed by atoms with Crippen LogP contribution in [-0.2, 0) is 43.3 Å². The molecule has 5 nitrogen and oxygen atoms in total. The maximum atomic E-state index is 14.0. The van der Waals surface area contributed by atoms with Crippen molar-refractivity contribution < 1.29 is 52.5 Å². The van der Waals surface area contributed by atoms with Crippen LogP contribution in [0.1, 0.15) is 35.1 Å². The van der Waals surface area contributed by atoms with Crippen molar-refractivity contribution >= 4 is 16.0 Å². The quantitative estimate of drug-likeness (QED) is 0.351. The van der Waals surface area contributed by atoms with Crippen LogP contribution in [-0.4, -0.2) is 45.2 Å². The monoisotopic (exact) mass is 559 g/mol. The summed E-state index contributed by atoms with van der Waals surface area (Å²) in [6, 6.07) is 3.90. The SMILES string of the molecule is CS(=O)(=O)OCC[C@]1(c2ccc(F)c(F)c2)CCN(C(=O)Cc2cc(C(F)(F)F)cc(C(F)(F)F)c2)C1. The molecule has 1 atom stereocenters. The maximum Gasteiger partial charge on any atom is 0.416 e. The first-order chi connectivity index (χ1) is 16.9. The third kappa shape index (κ3) is 7.18. The first-order valence-corrected chi connectivity index (χ1v) is 12.6. The van der Waals surface area contributed by atoms with Crippen LogP contribution in [0.2, 0.25) is 0 Å². The Morgan fingerprint density at radius 1 is 0.973 bits per heavy atom. The van der Waals surface area contributed by atoms with Gasteiger partial charge in [-0.15, -0.1) is 0 Å². The van der Waals surface area contributed by atoms with Crippen molar-refractivity contribution in [3.05, 3.63) is 70.3 Å². The third-order valence-electron chi connectivity index (χ3n) is 6.12. The van der Waals surface area contributed by atoms with Crippen LogP contribution >= 0.6 is 0 Å². The van der Waals surface area contributed by atoms with Gasteiger partial charge in [0.05, 0.1) is 30.4 Å². The van der Waals surface area contributed by atoms with Crippen LogP contribution in [0.25, 0.3) is 0 Å². The number of carbonyl (C=O) groups is 1. The second-order valence-corrected chi connectivity index (χ2v) is 10.5. The minimum Gasteiger partial charge on any atom is -0.341 e. The lowest BCUT2D eigenvalue weighted by atomic mass is 9.77. The van der Waals surface area contributed by atoms with Gasteiger partial charge in [0.15, 0.2) is 11.6 Å². The Hall–Kier alpha value is -2.74. The van der Waals surface area contributed by atoms with Crippen LogP contribution in [0.4, 0.5) is 35.1 Å². The summed E-state index contributed by atoms with van der Waals surface area (Å²) in [5.74, 6) is -3.11. The Bertz CT molecular complexity index is 1240. The van der Waals surface area contributed by atoms with Crippen molar-refractivity contribution in [3.63, 3.8) is 0 Å². The fourth-order valence-electron chi connectivity index (χ4n) is 4.29. The number of hydrogen-bond acceptors (Lipinski definition) is 4. The molecule has 0 N–H and O–H groups in total. The first-order valence-electron chi connectivity index (χ1n) is 10.8. The highest BCUT2D eigenvalue weighted by Crippen LogP contribution is 2.40. The Balaban J connectivity index is 1.87. The van der Waals surface area contributed by atoms with Gasteiger partial charge in [-0.25, -0.2) is 8.78 Å². The van der Waals surface area contributed by atoms with Gasteiger partial charge in [0.1, 0.15) is 0 Å². The van der Waals surface area contributed by atoms with E-state index >= 15 is 0 Å². The molecule has 1 aliphatic rings. The lowest BCUT2D eigenvalue weighted by Gasteiger charge is -2.30. The van der Waals surface area contributed by atoms with Gasteiger partial charge in [-0.05, 0) is 54.3 Å². The Kier molecular flexibility index (Phi) is 7.94. The smallest absolute Gasteiger partial charge is 0.341 e. The van der Waals surface area contributed by atoms with Gasteiger partial charge in [-0.2, -0.15) is 34.8 Å². The van der Waals surface area contributed by atoms with Crippen molar-refractivity contribution in [2.75, 3.05) is 26.0 Å². The number of rotatable bonds is 7. The van der Waals surface area contributed by atoms with E-state index in [1.807, 2.05) is 0 Å². The minimum atomic E-state index is -5.08. The molecule has 204 valence electrons. The second kappa shape index (κ2) is 10.2. The summed E-state index contributed by atoms with van der Waals surface area (Å²) in [5, 5.41) is 0. The van der Waals surface area contributed by atoms with Crippen LogP contribution in [0.3, 0.4) is 0 Å². The molecule has 1 heterocycles. The number of alkyl halides is 6. The maximum absolute atomic E-state index is 14.0. The average Bonchev–Trinajstić information content (AvgIpc) is 3.19. The van der Waals surface area contributed by atoms with Crippen LogP contribution in [0.5, 0.6) is 0 Å². The summed E-state index contributed by atoms with van der Waals surface area (Å²) in [6.45, 7) is -0.542. The van der Waals surface area contributed by atoms with Gasteiger partial charge in [0.25, 0.3) is 10.1 Å². The largest absolute Gasteiger partial charge is 0.416 e. The predicted molar refractivity (Wildman–Crippen MR) is 115 cm³/mol. The number of benzene rings is 2. The zero-order valence-corrected chi connectivity index (χ0v) is 20.0. The molecule has 0 spiro atoms. The normalized spacial score (nSPS) is 18.9. The van der Waals surface area contributed by atoms with E-state index in [9.17, 15) is 48.3 Å². The molecule has 1 aliphatic heterocycles. The molecule has 1 amide bonds. The molecule has 37 heavy (non-hydrogen) atoms. The molecule has 0 saturated carbocycles. The number of hydrogen-bond donors (Lipinski definition) is 0. The number of nitrogens with zero attached hydrogens (tertiary/aromatic N) is 1. The molecule has 14 heteroatoms. The lowest BCUT2D eigenvalue weighted by molar-refractivity contribution is -0.143. The summed E-state index contributed by atoms with van der Waals surface area (Å²) < 4.78 is 134. The van der Waals surface area contributed by atoms with Crippen molar-refractivity contribution in [3.8, 4) is 0 Å². The standard InChI is InChI=1S/C23H21F8NO4S/c1-37(34,35)36-7-5-21(15-2-3-18(24)19(25)12-15)4-6-32(13-21)20(33)10-14-8-16(22(26,27)28)11-17(9-14)23(29,30)31/h2-3,8-9,11-12H,4-7,10,13H2,1H3/t21-/m1/s1. The van der Waals surface area contributed by atoms with Gasteiger partial charge < -0.3 is 4.90 Å². The number of likely N-dealkylation sites (tertiary alicyclic amines) is 1. The molecule has 0 aromatic heterocycles. The fourth-order valence-corrected chi connectivity index (χ4v) is 4.68. The summed E-state index contributed by atoms with van der Waals surface area (Å²) >= 11 is 0. The van der Waals surface area contributed by atoms with E-state index < -0.39 is 68.5 Å². The molecule has 2 aromatic carbocycles. The van der Waals surface area contributed by atoms with Crippen LogP contribution in [0.15, 0.2) is 36.4 Å². The topological polar surface area (TPSA) is 63.7 Å². The van der Waals surface area contributed by atoms with Gasteiger partial charge >= 0.3 is 12.4 Å². The summed E-state index contributed by atoms with van der Waals surface area (Å²) in [6.07, 6.45) is -10.0. The predicted octanol–water partition coefficient (Wildman–Crippen LogP) is 5.08. The van der Waals surface area contributed by atoms with Gasteiger partial charge in [-0.3, -0.25) is 8.98 Å². The third-order valence-corrected chi connectivity index (χ3v) is 6.71. The molecule has 1 saturated heterocycles. The molecule has 0 bridgehead atoms. The van der Waals surface area contributed by atoms with E-state index in [4.69, 9.17) is 4.18 Å². The molecular weight excluding hydrogens is 538 g/mol. The van der Waals surface area contributed by atoms with Crippen molar-refractivity contribution in [2.24, 2.45) is 0 Å². The Morgan fingerprint density at radius 3 is 2.08 bits per heavy atom. The summed E-state index contributed by atoms with van der Waals surface area (Å²) in [5.41, 5.74) is -4.48.